The molecule has 1 atom stereocenters. The Hall–Kier alpha value is -1.55. The number of rotatable bonds is 3. The zero-order valence-electron chi connectivity index (χ0n) is 10.8. The van der Waals surface area contributed by atoms with Gasteiger partial charge in [-0.3, -0.25) is 9.59 Å². The molecule has 1 fully saturated rings. The maximum absolute atomic E-state index is 12.2. The van der Waals surface area contributed by atoms with Crippen molar-refractivity contribution in [3.05, 3.63) is 29.3 Å². The molecule has 1 aromatic rings. The first-order valence-electron chi connectivity index (χ1n) is 6.29. The minimum absolute atomic E-state index is 0.0903. The van der Waals surface area contributed by atoms with Gasteiger partial charge in [-0.05, 0) is 25.1 Å². The molecule has 1 aliphatic heterocycles. The molecule has 1 heterocycles. The lowest BCUT2D eigenvalue weighted by atomic mass is 10.1. The molecule has 2 rings (SSSR count). The quantitative estimate of drug-likeness (QED) is 0.854. The summed E-state index contributed by atoms with van der Waals surface area (Å²) in [6.45, 7) is 2.68. The zero-order valence-corrected chi connectivity index (χ0v) is 11.5. The number of Topliss-reactive ketones (excluding diaryl/α,β-unsaturated/α-hetero) is 1. The van der Waals surface area contributed by atoms with E-state index in [0.29, 0.717) is 36.7 Å². The lowest BCUT2D eigenvalue weighted by Gasteiger charge is -2.28. The highest BCUT2D eigenvalue weighted by Crippen LogP contribution is 2.19. The van der Waals surface area contributed by atoms with Crippen molar-refractivity contribution in [3.63, 3.8) is 0 Å². The summed E-state index contributed by atoms with van der Waals surface area (Å²) < 4.78 is 5.58. The van der Waals surface area contributed by atoms with Gasteiger partial charge >= 0.3 is 0 Å². The maximum atomic E-state index is 12.2. The average Bonchev–Trinajstić information content (AvgIpc) is 2.39. The van der Waals surface area contributed by atoms with Crippen LogP contribution >= 0.6 is 11.6 Å². The zero-order chi connectivity index (χ0) is 13.8. The molecule has 1 aliphatic rings. The van der Waals surface area contributed by atoms with Crippen LogP contribution in [0.2, 0.25) is 5.02 Å². The van der Waals surface area contributed by atoms with Gasteiger partial charge in [0.25, 0.3) is 5.91 Å². The van der Waals surface area contributed by atoms with E-state index in [1.807, 2.05) is 0 Å². The van der Waals surface area contributed by atoms with Crippen molar-refractivity contribution < 1.29 is 14.3 Å². The molecular weight excluding hydrogens is 266 g/mol. The van der Waals surface area contributed by atoms with Gasteiger partial charge in [0.1, 0.15) is 11.5 Å². The molecule has 0 radical (unpaired) electrons. The molecule has 0 aromatic heterocycles. The molecule has 1 saturated heterocycles. The molecule has 0 aliphatic carbocycles. The van der Waals surface area contributed by atoms with E-state index < -0.39 is 6.10 Å². The second kappa shape index (κ2) is 6.06. The highest BCUT2D eigenvalue weighted by molar-refractivity contribution is 6.30. The van der Waals surface area contributed by atoms with Gasteiger partial charge in [0.05, 0.1) is 0 Å². The molecule has 102 valence electrons. The summed E-state index contributed by atoms with van der Waals surface area (Å²) in [5.41, 5.74) is 0. The van der Waals surface area contributed by atoms with Crippen LogP contribution in [0.1, 0.15) is 19.8 Å². The molecule has 0 N–H and O–H groups in total. The third-order valence-corrected chi connectivity index (χ3v) is 3.32. The number of hydrogen-bond donors (Lipinski definition) is 0. The number of benzene rings is 1. The van der Waals surface area contributed by atoms with Crippen LogP contribution in [0.5, 0.6) is 5.75 Å². The Kier molecular flexibility index (Phi) is 4.43. The number of carbonyl (C=O) groups excluding carboxylic acids is 2. The number of likely N-dealkylation sites (tertiary alicyclic amines) is 1. The van der Waals surface area contributed by atoms with Crippen molar-refractivity contribution in [2.24, 2.45) is 0 Å². The van der Waals surface area contributed by atoms with Gasteiger partial charge in [0, 0.05) is 31.0 Å². The Morgan fingerprint density at radius 1 is 1.37 bits per heavy atom. The van der Waals surface area contributed by atoms with Crippen molar-refractivity contribution in [2.75, 3.05) is 13.1 Å². The van der Waals surface area contributed by atoms with Crippen molar-refractivity contribution >= 4 is 23.3 Å². The Bertz CT molecular complexity index is 479. The van der Waals surface area contributed by atoms with Crippen LogP contribution < -0.4 is 4.74 Å². The van der Waals surface area contributed by atoms with Crippen molar-refractivity contribution in [3.8, 4) is 5.75 Å². The van der Waals surface area contributed by atoms with Crippen molar-refractivity contribution in [1.29, 1.82) is 0 Å². The van der Waals surface area contributed by atoms with Gasteiger partial charge in [0.15, 0.2) is 6.10 Å². The van der Waals surface area contributed by atoms with Gasteiger partial charge in [-0.2, -0.15) is 0 Å². The van der Waals surface area contributed by atoms with Crippen molar-refractivity contribution in [1.82, 2.24) is 4.90 Å². The molecule has 0 bridgehead atoms. The molecule has 1 aromatic carbocycles. The van der Waals surface area contributed by atoms with Crippen LogP contribution in [0.15, 0.2) is 24.3 Å². The number of hydrogen-bond acceptors (Lipinski definition) is 3. The van der Waals surface area contributed by atoms with Gasteiger partial charge < -0.3 is 9.64 Å². The van der Waals surface area contributed by atoms with E-state index in [1.54, 1.807) is 36.1 Å². The van der Waals surface area contributed by atoms with Crippen molar-refractivity contribution in [2.45, 2.75) is 25.9 Å². The van der Waals surface area contributed by atoms with E-state index >= 15 is 0 Å². The van der Waals surface area contributed by atoms with E-state index in [0.717, 1.165) is 0 Å². The maximum Gasteiger partial charge on any atom is 0.263 e. The summed E-state index contributed by atoms with van der Waals surface area (Å²) in [7, 11) is 0. The summed E-state index contributed by atoms with van der Waals surface area (Å²) >= 11 is 5.86. The normalized spacial score (nSPS) is 17.2. The summed E-state index contributed by atoms with van der Waals surface area (Å²) in [6.07, 6.45) is 0.303. The van der Waals surface area contributed by atoms with Gasteiger partial charge in [-0.1, -0.05) is 17.7 Å². The molecule has 1 unspecified atom stereocenters. The summed E-state index contributed by atoms with van der Waals surface area (Å²) in [6, 6.07) is 6.95. The standard InChI is InChI=1S/C14H16ClNO3/c1-10(19-13-4-2-3-11(15)9-13)14(18)16-7-5-12(17)6-8-16/h2-4,9-10H,5-8H2,1H3. The van der Waals surface area contributed by atoms with Crippen LogP contribution in [0.25, 0.3) is 0 Å². The number of ketones is 1. The number of ether oxygens (including phenoxy) is 1. The van der Waals surface area contributed by atoms with E-state index in [4.69, 9.17) is 16.3 Å². The Labute approximate surface area is 117 Å². The lowest BCUT2D eigenvalue weighted by molar-refractivity contribution is -0.140. The Morgan fingerprint density at radius 3 is 2.68 bits per heavy atom. The number of nitrogens with zero attached hydrogens (tertiary/aromatic N) is 1. The topological polar surface area (TPSA) is 46.6 Å². The summed E-state index contributed by atoms with van der Waals surface area (Å²) in [5.74, 6) is 0.696. The highest BCUT2D eigenvalue weighted by Gasteiger charge is 2.25. The van der Waals surface area contributed by atoms with E-state index in [2.05, 4.69) is 0 Å². The molecular formula is C14H16ClNO3. The minimum Gasteiger partial charge on any atom is -0.481 e. The number of amides is 1. The fourth-order valence-electron chi connectivity index (χ4n) is 2.03. The SMILES string of the molecule is CC(Oc1cccc(Cl)c1)C(=O)N1CCC(=O)CC1. The largest absolute Gasteiger partial charge is 0.481 e. The average molecular weight is 282 g/mol. The number of carbonyl (C=O) groups is 2. The van der Waals surface area contributed by atoms with Crippen LogP contribution in [0.4, 0.5) is 0 Å². The lowest BCUT2D eigenvalue weighted by Crippen LogP contribution is -2.44. The van der Waals surface area contributed by atoms with Gasteiger partial charge in [-0.25, -0.2) is 0 Å². The first-order chi connectivity index (χ1) is 9.06. The first-order valence-corrected chi connectivity index (χ1v) is 6.67. The minimum atomic E-state index is -0.577. The smallest absolute Gasteiger partial charge is 0.263 e. The van der Waals surface area contributed by atoms with E-state index in [-0.39, 0.29) is 11.7 Å². The van der Waals surface area contributed by atoms with Crippen LogP contribution in [0.3, 0.4) is 0 Å². The number of halogens is 1. The Morgan fingerprint density at radius 2 is 2.05 bits per heavy atom. The molecule has 1 amide bonds. The van der Waals surface area contributed by atoms with Gasteiger partial charge in [0.2, 0.25) is 0 Å². The monoisotopic (exact) mass is 281 g/mol. The number of piperidine rings is 1. The van der Waals surface area contributed by atoms with Crippen LogP contribution in [-0.4, -0.2) is 35.8 Å². The second-order valence-electron chi connectivity index (χ2n) is 4.58. The first kappa shape index (κ1) is 13.9. The highest BCUT2D eigenvalue weighted by atomic mass is 35.5. The van der Waals surface area contributed by atoms with E-state index in [1.165, 1.54) is 0 Å². The van der Waals surface area contributed by atoms with Crippen LogP contribution in [-0.2, 0) is 9.59 Å². The second-order valence-corrected chi connectivity index (χ2v) is 5.02. The Balaban J connectivity index is 1.94. The predicted octanol–water partition coefficient (Wildman–Crippen LogP) is 2.30. The fraction of sp³-hybridized carbons (Fsp3) is 0.429. The molecule has 5 heteroatoms. The summed E-state index contributed by atoms with van der Waals surface area (Å²) in [4.78, 5) is 25.0. The predicted molar refractivity (Wildman–Crippen MR) is 72.4 cm³/mol. The van der Waals surface area contributed by atoms with E-state index in [9.17, 15) is 9.59 Å². The van der Waals surface area contributed by atoms with Crippen LogP contribution in [0, 0.1) is 0 Å². The summed E-state index contributed by atoms with van der Waals surface area (Å²) in [5, 5.41) is 0.570. The third-order valence-electron chi connectivity index (χ3n) is 3.09. The third kappa shape index (κ3) is 3.70. The van der Waals surface area contributed by atoms with Gasteiger partial charge in [-0.15, -0.1) is 0 Å². The molecule has 4 nitrogen and oxygen atoms in total. The molecule has 0 saturated carbocycles. The molecule has 19 heavy (non-hydrogen) atoms. The fourth-order valence-corrected chi connectivity index (χ4v) is 2.21. The molecule has 0 spiro atoms.